The minimum Gasteiger partial charge on any atom is -0.465 e. The lowest BCUT2D eigenvalue weighted by Crippen LogP contribution is -2.11. The molecule has 2 aromatic rings. The summed E-state index contributed by atoms with van der Waals surface area (Å²) >= 11 is 0. The Morgan fingerprint density at radius 2 is 1.56 bits per heavy atom. The Bertz CT molecular complexity index is 865. The number of esters is 2. The predicted molar refractivity (Wildman–Crippen MR) is 98.7 cm³/mol. The van der Waals surface area contributed by atoms with E-state index in [0.29, 0.717) is 0 Å². The lowest BCUT2D eigenvalue weighted by Gasteiger charge is -2.19. The maximum Gasteiger partial charge on any atom is 0.338 e. The number of ether oxygens (including phenoxy) is 2. The van der Waals surface area contributed by atoms with Crippen molar-refractivity contribution < 1.29 is 24.0 Å². The summed E-state index contributed by atoms with van der Waals surface area (Å²) in [6.45, 7) is 6.31. The van der Waals surface area contributed by atoms with Crippen LogP contribution < -0.4 is 0 Å². The van der Waals surface area contributed by atoms with Gasteiger partial charge in [-0.05, 0) is 22.6 Å². The third-order valence-electron chi connectivity index (χ3n) is 3.98. The van der Waals surface area contributed by atoms with Crippen LogP contribution in [0.4, 0.5) is 5.69 Å². The Morgan fingerprint density at radius 1 is 1.00 bits per heavy atom. The third-order valence-corrected chi connectivity index (χ3v) is 3.98. The first-order chi connectivity index (χ1) is 12.6. The van der Waals surface area contributed by atoms with Gasteiger partial charge in [-0.1, -0.05) is 45.0 Å². The fourth-order valence-corrected chi connectivity index (χ4v) is 2.40. The SMILES string of the molecule is COC(=O)c1cc(C(=O)OCc2ccc(C(C)(C)C)cc2)cc([N+](=O)[O-])c1. The van der Waals surface area contributed by atoms with E-state index in [1.807, 2.05) is 24.3 Å². The molecule has 142 valence electrons. The maximum absolute atomic E-state index is 12.3. The monoisotopic (exact) mass is 371 g/mol. The molecule has 0 aliphatic rings. The molecule has 2 rings (SSSR count). The second kappa shape index (κ2) is 7.99. The summed E-state index contributed by atoms with van der Waals surface area (Å²) in [5, 5.41) is 11.0. The van der Waals surface area contributed by atoms with Crippen molar-refractivity contribution in [2.75, 3.05) is 7.11 Å². The lowest BCUT2D eigenvalue weighted by atomic mass is 9.87. The number of carbonyl (C=O) groups is 2. The van der Waals surface area contributed by atoms with Gasteiger partial charge in [0.2, 0.25) is 0 Å². The van der Waals surface area contributed by atoms with Crippen molar-refractivity contribution in [2.24, 2.45) is 0 Å². The standard InChI is InChI=1S/C20H21NO6/c1-20(2,3)16-7-5-13(6-8-16)12-27-19(23)15-9-14(18(22)26-4)10-17(11-15)21(24)25/h5-11H,12H2,1-4H3. The summed E-state index contributed by atoms with van der Waals surface area (Å²) in [6.07, 6.45) is 0. The van der Waals surface area contributed by atoms with Gasteiger partial charge in [0.1, 0.15) is 6.61 Å². The molecule has 0 atom stereocenters. The Hall–Kier alpha value is -3.22. The highest BCUT2D eigenvalue weighted by Gasteiger charge is 2.19. The summed E-state index contributed by atoms with van der Waals surface area (Å²) in [5.41, 5.74) is 1.39. The molecule has 0 saturated carbocycles. The van der Waals surface area contributed by atoms with Gasteiger partial charge in [0.25, 0.3) is 5.69 Å². The molecule has 7 heteroatoms. The molecule has 0 unspecified atom stereocenters. The summed E-state index contributed by atoms with van der Waals surface area (Å²) in [7, 11) is 1.15. The smallest absolute Gasteiger partial charge is 0.338 e. The number of methoxy groups -OCH3 is 1. The molecule has 0 spiro atoms. The Balaban J connectivity index is 2.16. The molecule has 0 N–H and O–H groups in total. The molecule has 0 saturated heterocycles. The average molecular weight is 371 g/mol. The lowest BCUT2D eigenvalue weighted by molar-refractivity contribution is -0.384. The molecular weight excluding hydrogens is 350 g/mol. The summed E-state index contributed by atoms with van der Waals surface area (Å²) < 4.78 is 9.79. The fourth-order valence-electron chi connectivity index (χ4n) is 2.40. The van der Waals surface area contributed by atoms with E-state index in [4.69, 9.17) is 4.74 Å². The van der Waals surface area contributed by atoms with Crippen molar-refractivity contribution in [1.29, 1.82) is 0 Å². The highest BCUT2D eigenvalue weighted by Crippen LogP contribution is 2.23. The van der Waals surface area contributed by atoms with Gasteiger partial charge >= 0.3 is 11.9 Å². The Kier molecular flexibility index (Phi) is 5.95. The van der Waals surface area contributed by atoms with Crippen LogP contribution in [0.2, 0.25) is 0 Å². The summed E-state index contributed by atoms with van der Waals surface area (Å²) in [6, 6.07) is 11.0. The summed E-state index contributed by atoms with van der Waals surface area (Å²) in [4.78, 5) is 34.3. The molecule has 0 aliphatic heterocycles. The normalized spacial score (nSPS) is 11.0. The van der Waals surface area contributed by atoms with Crippen LogP contribution in [0.5, 0.6) is 0 Å². The number of carbonyl (C=O) groups excluding carboxylic acids is 2. The van der Waals surface area contributed by atoms with E-state index in [1.54, 1.807) is 0 Å². The molecule has 0 aliphatic carbocycles. The van der Waals surface area contributed by atoms with Crippen molar-refractivity contribution >= 4 is 17.6 Å². The molecular formula is C20H21NO6. The number of hydrogen-bond acceptors (Lipinski definition) is 6. The minimum absolute atomic E-state index is 0.0134. The van der Waals surface area contributed by atoms with Crippen LogP contribution in [0.1, 0.15) is 52.6 Å². The first-order valence-electron chi connectivity index (χ1n) is 8.26. The van der Waals surface area contributed by atoms with Gasteiger partial charge in [0.15, 0.2) is 0 Å². The molecule has 0 heterocycles. The highest BCUT2D eigenvalue weighted by atomic mass is 16.6. The second-order valence-electron chi connectivity index (χ2n) is 7.04. The molecule has 2 aromatic carbocycles. The van der Waals surface area contributed by atoms with Crippen LogP contribution in [0, 0.1) is 10.1 Å². The van der Waals surface area contributed by atoms with Gasteiger partial charge in [0, 0.05) is 12.1 Å². The van der Waals surface area contributed by atoms with E-state index >= 15 is 0 Å². The van der Waals surface area contributed by atoms with E-state index < -0.39 is 16.9 Å². The Morgan fingerprint density at radius 3 is 2.04 bits per heavy atom. The topological polar surface area (TPSA) is 95.7 Å². The van der Waals surface area contributed by atoms with E-state index in [9.17, 15) is 19.7 Å². The Labute approximate surface area is 157 Å². The van der Waals surface area contributed by atoms with Crippen LogP contribution in [-0.4, -0.2) is 24.0 Å². The molecule has 0 radical (unpaired) electrons. The van der Waals surface area contributed by atoms with Crippen molar-refractivity contribution in [2.45, 2.75) is 32.8 Å². The summed E-state index contributed by atoms with van der Waals surface area (Å²) in [5.74, 6) is -1.53. The predicted octanol–water partition coefficient (Wildman–Crippen LogP) is 4.04. The molecule has 7 nitrogen and oxygen atoms in total. The highest BCUT2D eigenvalue weighted by molar-refractivity contribution is 5.96. The molecule has 0 aromatic heterocycles. The number of nitro benzene ring substituents is 1. The zero-order valence-electron chi connectivity index (χ0n) is 15.6. The molecule has 0 amide bonds. The number of benzene rings is 2. The fraction of sp³-hybridized carbons (Fsp3) is 0.300. The van der Waals surface area contributed by atoms with Gasteiger partial charge in [-0.2, -0.15) is 0 Å². The first-order valence-corrected chi connectivity index (χ1v) is 8.26. The van der Waals surface area contributed by atoms with Gasteiger partial charge in [-0.15, -0.1) is 0 Å². The van der Waals surface area contributed by atoms with Crippen LogP contribution in [0.25, 0.3) is 0 Å². The second-order valence-corrected chi connectivity index (χ2v) is 7.04. The van der Waals surface area contributed by atoms with Crippen molar-refractivity contribution in [1.82, 2.24) is 0 Å². The van der Waals surface area contributed by atoms with Crippen LogP contribution in [0.3, 0.4) is 0 Å². The quantitative estimate of drug-likeness (QED) is 0.447. The zero-order chi connectivity index (χ0) is 20.2. The number of nitro groups is 1. The number of non-ortho nitro benzene ring substituents is 1. The maximum atomic E-state index is 12.3. The van der Waals surface area contributed by atoms with Gasteiger partial charge < -0.3 is 9.47 Å². The number of rotatable bonds is 5. The van der Waals surface area contributed by atoms with Crippen molar-refractivity contribution in [3.63, 3.8) is 0 Å². The van der Waals surface area contributed by atoms with Gasteiger partial charge in [-0.25, -0.2) is 9.59 Å². The largest absolute Gasteiger partial charge is 0.465 e. The van der Waals surface area contributed by atoms with Crippen LogP contribution in [0.15, 0.2) is 42.5 Å². The average Bonchev–Trinajstić information content (AvgIpc) is 2.64. The van der Waals surface area contributed by atoms with E-state index in [-0.39, 0.29) is 28.8 Å². The number of nitrogens with zero attached hydrogens (tertiary/aromatic N) is 1. The van der Waals surface area contributed by atoms with E-state index in [0.717, 1.165) is 30.4 Å². The number of hydrogen-bond donors (Lipinski definition) is 0. The third kappa shape index (κ3) is 5.13. The van der Waals surface area contributed by atoms with Crippen LogP contribution >= 0.6 is 0 Å². The first kappa shape index (κ1) is 20.1. The van der Waals surface area contributed by atoms with Gasteiger partial charge in [-0.3, -0.25) is 10.1 Å². The van der Waals surface area contributed by atoms with Gasteiger partial charge in [0.05, 0.1) is 23.2 Å². The van der Waals surface area contributed by atoms with Crippen LogP contribution in [-0.2, 0) is 21.5 Å². The van der Waals surface area contributed by atoms with Crippen molar-refractivity contribution in [3.05, 3.63) is 74.8 Å². The van der Waals surface area contributed by atoms with E-state index in [1.165, 1.54) is 6.07 Å². The zero-order valence-corrected chi connectivity index (χ0v) is 15.6. The minimum atomic E-state index is -0.773. The van der Waals surface area contributed by atoms with E-state index in [2.05, 4.69) is 25.5 Å². The van der Waals surface area contributed by atoms with Crippen molar-refractivity contribution in [3.8, 4) is 0 Å². The molecule has 27 heavy (non-hydrogen) atoms. The molecule has 0 bridgehead atoms. The molecule has 0 fully saturated rings.